The van der Waals surface area contributed by atoms with Crippen LogP contribution in [0.4, 0.5) is 9.18 Å². The van der Waals surface area contributed by atoms with Crippen LogP contribution in [0.2, 0.25) is 5.28 Å². The van der Waals surface area contributed by atoms with Crippen molar-refractivity contribution in [1.82, 2.24) is 34.1 Å². The number of carbonyl (C=O) groups excluding carboxylic acids is 1. The van der Waals surface area contributed by atoms with Gasteiger partial charge in [-0.15, -0.1) is 0 Å². The van der Waals surface area contributed by atoms with Crippen molar-refractivity contribution in [3.63, 3.8) is 0 Å². The molecule has 1 saturated heterocycles. The Balaban J connectivity index is 1.05. The van der Waals surface area contributed by atoms with E-state index in [-0.39, 0.29) is 41.4 Å². The molecule has 0 N–H and O–H groups in total. The average molecular weight is 772 g/mol. The van der Waals surface area contributed by atoms with Crippen LogP contribution >= 0.6 is 11.6 Å². The van der Waals surface area contributed by atoms with Gasteiger partial charge in [0.1, 0.15) is 23.2 Å². The van der Waals surface area contributed by atoms with Crippen LogP contribution in [0.3, 0.4) is 0 Å². The molecule has 2 aliphatic rings. The predicted molar refractivity (Wildman–Crippen MR) is 210 cm³/mol. The first-order chi connectivity index (χ1) is 26.2. The van der Waals surface area contributed by atoms with E-state index < -0.39 is 11.4 Å². The van der Waals surface area contributed by atoms with E-state index in [1.54, 1.807) is 23.2 Å². The van der Waals surface area contributed by atoms with Crippen molar-refractivity contribution in [2.75, 3.05) is 33.2 Å². The first-order valence-corrected chi connectivity index (χ1v) is 19.5. The summed E-state index contributed by atoms with van der Waals surface area (Å²) in [6.07, 6.45) is 7.39. The molecule has 4 atom stereocenters. The summed E-state index contributed by atoms with van der Waals surface area (Å²) >= 11 is 6.42. The Labute approximate surface area is 327 Å². The maximum Gasteiger partial charge on any atom is 0.410 e. The third kappa shape index (κ3) is 9.37. The number of ether oxygens (including phenoxy) is 3. The Bertz CT molecular complexity index is 2080. The molecular weight excluding hydrogens is 721 g/mol. The van der Waals surface area contributed by atoms with Gasteiger partial charge in [0.25, 0.3) is 0 Å². The van der Waals surface area contributed by atoms with Gasteiger partial charge in [-0.3, -0.25) is 4.68 Å². The van der Waals surface area contributed by atoms with E-state index >= 15 is 0 Å². The lowest BCUT2D eigenvalue weighted by atomic mass is 10.0. The molecule has 13 heteroatoms. The first kappa shape index (κ1) is 38.9. The van der Waals surface area contributed by atoms with Crippen LogP contribution in [0, 0.1) is 11.7 Å². The number of rotatable bonds is 13. The quantitative estimate of drug-likeness (QED) is 0.111. The lowest BCUT2D eigenvalue weighted by Crippen LogP contribution is -2.40. The third-order valence-electron chi connectivity index (χ3n) is 10.3. The van der Waals surface area contributed by atoms with Crippen LogP contribution in [0.5, 0.6) is 0 Å². The Morgan fingerprint density at radius 2 is 1.76 bits per heavy atom. The zero-order chi connectivity index (χ0) is 38.9. The van der Waals surface area contributed by atoms with Crippen molar-refractivity contribution >= 4 is 28.7 Å². The van der Waals surface area contributed by atoms with Gasteiger partial charge in [-0.1, -0.05) is 42.5 Å². The number of hydrogen-bond acceptors (Lipinski definition) is 8. The molecule has 1 saturated carbocycles. The first-order valence-electron chi connectivity index (χ1n) is 19.1. The van der Waals surface area contributed by atoms with Crippen molar-refractivity contribution in [3.05, 3.63) is 101 Å². The topological polar surface area (TPSA) is 99.8 Å². The van der Waals surface area contributed by atoms with Gasteiger partial charge in [-0.2, -0.15) is 10.1 Å². The fourth-order valence-corrected chi connectivity index (χ4v) is 8.03. The van der Waals surface area contributed by atoms with Crippen molar-refractivity contribution in [2.45, 2.75) is 90.1 Å². The number of carbonyl (C=O) groups is 1. The standard InChI is InChI=1S/C42H51ClFN7O4/c1-41(2,3)55-40(52)49(21-17-28-13-15-31(44)16-14-28)20-10-19-48(6)26-30-23-35(37-36(30)53-42(4,5)54-37)51-27-33(32-24-45-39(43)46-38(32)51)34-18-22-50(47-34)25-29-11-8-7-9-12-29/h7-9,11-16,18,22,24,27,30,35-37H,10,17,19-21,23,25-26H2,1-6H3/t30-,35-,36-,37+/m1/s1. The molecule has 3 aromatic heterocycles. The van der Waals surface area contributed by atoms with Crippen LogP contribution in [0.25, 0.3) is 22.3 Å². The zero-order valence-corrected chi connectivity index (χ0v) is 33.2. The van der Waals surface area contributed by atoms with E-state index in [2.05, 4.69) is 39.8 Å². The van der Waals surface area contributed by atoms with E-state index in [9.17, 15) is 9.18 Å². The molecule has 1 amide bonds. The highest BCUT2D eigenvalue weighted by Gasteiger charge is 2.55. The van der Waals surface area contributed by atoms with Crippen LogP contribution < -0.4 is 0 Å². The second-order valence-electron chi connectivity index (χ2n) is 16.3. The fourth-order valence-electron chi connectivity index (χ4n) is 7.90. The van der Waals surface area contributed by atoms with Crippen LogP contribution in [-0.4, -0.2) is 97.0 Å². The normalized spacial score (nSPS) is 20.7. The maximum absolute atomic E-state index is 13.5. The number of fused-ring (bicyclic) bond motifs is 2. The summed E-state index contributed by atoms with van der Waals surface area (Å²) in [5.41, 5.74) is 4.03. The number of nitrogens with zero attached hydrogens (tertiary/aromatic N) is 7. The molecular formula is C42H51ClFN7O4. The van der Waals surface area contributed by atoms with Crippen molar-refractivity contribution in [1.29, 1.82) is 0 Å². The van der Waals surface area contributed by atoms with Gasteiger partial charge in [0.2, 0.25) is 5.28 Å². The van der Waals surface area contributed by atoms with Crippen LogP contribution in [0.1, 0.15) is 64.6 Å². The molecule has 7 rings (SSSR count). The summed E-state index contributed by atoms with van der Waals surface area (Å²) in [6, 6.07) is 18.6. The minimum absolute atomic E-state index is 0.0621. The second kappa shape index (κ2) is 16.0. The molecule has 55 heavy (non-hydrogen) atoms. The van der Waals surface area contributed by atoms with Crippen LogP contribution in [0.15, 0.2) is 79.3 Å². The minimum atomic E-state index is -0.738. The Morgan fingerprint density at radius 3 is 2.51 bits per heavy atom. The van der Waals surface area contributed by atoms with Gasteiger partial charge >= 0.3 is 6.09 Å². The Hall–Kier alpha value is -4.36. The van der Waals surface area contributed by atoms with Gasteiger partial charge in [0.15, 0.2) is 5.79 Å². The second-order valence-corrected chi connectivity index (χ2v) is 16.6. The average Bonchev–Trinajstić information content (AvgIpc) is 3.88. The van der Waals surface area contributed by atoms with E-state index in [1.807, 2.05) is 69.8 Å². The van der Waals surface area contributed by atoms with Gasteiger partial charge in [-0.05, 0) is 108 Å². The number of benzene rings is 2. The summed E-state index contributed by atoms with van der Waals surface area (Å²) < 4.78 is 36.6. The molecule has 0 spiro atoms. The summed E-state index contributed by atoms with van der Waals surface area (Å²) in [5, 5.41) is 5.99. The Kier molecular flexibility index (Phi) is 11.3. The largest absolute Gasteiger partial charge is 0.444 e. The molecule has 1 aliphatic heterocycles. The monoisotopic (exact) mass is 771 g/mol. The summed E-state index contributed by atoms with van der Waals surface area (Å²) in [6.45, 7) is 12.8. The Morgan fingerprint density at radius 1 is 1.02 bits per heavy atom. The molecule has 292 valence electrons. The van der Waals surface area contributed by atoms with Gasteiger partial charge in [-0.25, -0.2) is 14.2 Å². The molecule has 5 aromatic rings. The lowest BCUT2D eigenvalue weighted by Gasteiger charge is -2.29. The minimum Gasteiger partial charge on any atom is -0.444 e. The van der Waals surface area contributed by atoms with Crippen molar-refractivity contribution in [2.24, 2.45) is 5.92 Å². The van der Waals surface area contributed by atoms with Gasteiger partial charge in [0.05, 0.1) is 24.4 Å². The molecule has 1 aliphatic carbocycles. The number of hydrogen-bond donors (Lipinski definition) is 0. The summed E-state index contributed by atoms with van der Waals surface area (Å²) in [4.78, 5) is 26.3. The molecule has 2 aromatic carbocycles. The maximum atomic E-state index is 13.5. The van der Waals surface area contributed by atoms with Crippen molar-refractivity contribution in [3.8, 4) is 11.3 Å². The molecule has 0 radical (unpaired) electrons. The van der Waals surface area contributed by atoms with Gasteiger partial charge in [0, 0.05) is 55.1 Å². The number of aromatic nitrogens is 5. The molecule has 0 bridgehead atoms. The smallest absolute Gasteiger partial charge is 0.410 e. The summed E-state index contributed by atoms with van der Waals surface area (Å²) in [5.74, 6) is -0.843. The molecule has 0 unspecified atom stereocenters. The molecule has 2 fully saturated rings. The highest BCUT2D eigenvalue weighted by atomic mass is 35.5. The fraction of sp³-hybridized carbons (Fsp3) is 0.476. The van der Waals surface area contributed by atoms with E-state index in [0.29, 0.717) is 26.1 Å². The van der Waals surface area contributed by atoms with E-state index in [0.717, 1.165) is 53.8 Å². The van der Waals surface area contributed by atoms with Gasteiger partial charge < -0.3 is 28.6 Å². The summed E-state index contributed by atoms with van der Waals surface area (Å²) in [7, 11) is 2.11. The number of halogens is 2. The molecule has 11 nitrogen and oxygen atoms in total. The third-order valence-corrected chi connectivity index (χ3v) is 10.5. The highest BCUT2D eigenvalue weighted by molar-refractivity contribution is 6.28. The van der Waals surface area contributed by atoms with Crippen molar-refractivity contribution < 1.29 is 23.4 Å². The van der Waals surface area contributed by atoms with E-state index in [1.165, 1.54) is 17.7 Å². The number of amides is 1. The zero-order valence-electron chi connectivity index (χ0n) is 32.5. The lowest BCUT2D eigenvalue weighted by molar-refractivity contribution is -0.160. The highest BCUT2D eigenvalue weighted by Crippen LogP contribution is 2.48. The van der Waals surface area contributed by atoms with E-state index in [4.69, 9.17) is 35.9 Å². The SMILES string of the molecule is CN(CCCN(CCc1ccc(F)cc1)C(=O)OC(C)(C)C)C[C@H]1C[C@@H](n2cc(-c3ccn(Cc4ccccc4)n3)c3cnc(Cl)nc32)[C@@H]2OC(C)(C)O[C@H]12. The van der Waals surface area contributed by atoms with Crippen LogP contribution in [-0.2, 0) is 27.2 Å². The molecule has 4 heterocycles. The predicted octanol–water partition coefficient (Wildman–Crippen LogP) is 8.02.